The van der Waals surface area contributed by atoms with Crippen molar-refractivity contribution in [3.63, 3.8) is 0 Å². The van der Waals surface area contributed by atoms with Crippen LogP contribution in [0, 0.1) is 0 Å². The van der Waals surface area contributed by atoms with Gasteiger partial charge in [0.2, 0.25) is 0 Å². The van der Waals surface area contributed by atoms with Crippen molar-refractivity contribution in [3.05, 3.63) is 107 Å². The fraction of sp³-hybridized carbons (Fsp3) is 0.324. The van der Waals surface area contributed by atoms with Crippen LogP contribution in [0.2, 0.25) is 0 Å². The summed E-state index contributed by atoms with van der Waals surface area (Å²) in [4.78, 5) is 15.2. The summed E-state index contributed by atoms with van der Waals surface area (Å²) >= 11 is 0. The van der Waals surface area contributed by atoms with E-state index >= 15 is 0 Å². The summed E-state index contributed by atoms with van der Waals surface area (Å²) in [6, 6.07) is 27.7. The van der Waals surface area contributed by atoms with Crippen LogP contribution in [0.5, 0.6) is 0 Å². The highest BCUT2D eigenvalue weighted by atomic mass is 14.9. The quantitative estimate of drug-likeness (QED) is 0.227. The Labute approximate surface area is 222 Å². The molecule has 0 N–H and O–H groups in total. The van der Waals surface area contributed by atoms with Crippen LogP contribution < -0.4 is 0 Å². The minimum Gasteiger partial charge on any atom is -0.280 e. The number of aromatic nitrogens is 1. The molecule has 0 aliphatic rings. The van der Waals surface area contributed by atoms with Crippen LogP contribution in [-0.4, -0.2) is 16.4 Å². The lowest BCUT2D eigenvalue weighted by Crippen LogP contribution is -2.07. The van der Waals surface area contributed by atoms with Gasteiger partial charge in [0.1, 0.15) is 0 Å². The number of hydrogen-bond acceptors (Lipinski definition) is 3. The van der Waals surface area contributed by atoms with E-state index in [0.29, 0.717) is 11.8 Å². The van der Waals surface area contributed by atoms with E-state index in [1.165, 1.54) is 27.5 Å². The number of fused-ring (bicyclic) bond motifs is 1. The van der Waals surface area contributed by atoms with Crippen LogP contribution in [0.25, 0.3) is 10.8 Å². The molecular formula is C34H39N3. The van der Waals surface area contributed by atoms with Crippen LogP contribution in [0.3, 0.4) is 0 Å². The highest BCUT2D eigenvalue weighted by Gasteiger charge is 2.16. The van der Waals surface area contributed by atoms with Gasteiger partial charge in [-0.1, -0.05) is 94.4 Å². The summed E-state index contributed by atoms with van der Waals surface area (Å²) in [5, 5.41) is 2.49. The van der Waals surface area contributed by atoms with Gasteiger partial charge in [-0.3, -0.25) is 9.98 Å². The largest absolute Gasteiger partial charge is 0.280 e. The van der Waals surface area contributed by atoms with Gasteiger partial charge < -0.3 is 0 Å². The lowest BCUT2D eigenvalue weighted by Gasteiger charge is -2.18. The van der Waals surface area contributed by atoms with Gasteiger partial charge >= 0.3 is 0 Å². The van der Waals surface area contributed by atoms with Gasteiger partial charge in [0.25, 0.3) is 0 Å². The predicted octanol–water partition coefficient (Wildman–Crippen LogP) is 9.58. The zero-order valence-electron chi connectivity index (χ0n) is 23.3. The van der Waals surface area contributed by atoms with Gasteiger partial charge in [0.05, 0.1) is 34.5 Å². The minimum absolute atomic E-state index is 0.0299. The van der Waals surface area contributed by atoms with Crippen molar-refractivity contribution < 1.29 is 0 Å². The van der Waals surface area contributed by atoms with Gasteiger partial charge in [0.15, 0.2) is 0 Å². The first-order valence-corrected chi connectivity index (χ1v) is 13.5. The molecule has 3 aromatic carbocycles. The molecule has 1 heterocycles. The lowest BCUT2D eigenvalue weighted by molar-refractivity contribution is 0.730. The summed E-state index contributed by atoms with van der Waals surface area (Å²) < 4.78 is 0. The Kier molecular flexibility index (Phi) is 8.33. The molecule has 0 spiro atoms. The standard InChI is InChI=1S/C34H39N3/c1-8-23(4)29-18-12-17-28(22(2)3)34(29)36-26(7)33-21-13-20-32(37-33)25(6)35-24(5)30-19-11-15-27-14-9-10-16-31(27)30/h9-24H,8H2,1-7H3/t23?,24-/m0/s1. The number of para-hydroxylation sites is 1. The Hall–Kier alpha value is -3.59. The Morgan fingerprint density at radius 1 is 0.703 bits per heavy atom. The molecule has 3 heteroatoms. The summed E-state index contributed by atoms with van der Waals surface area (Å²) in [7, 11) is 0. The molecule has 2 atom stereocenters. The van der Waals surface area contributed by atoms with Gasteiger partial charge in [-0.15, -0.1) is 0 Å². The molecule has 0 saturated heterocycles. The zero-order chi connectivity index (χ0) is 26.5. The molecule has 0 bridgehead atoms. The molecule has 4 aromatic rings. The number of aliphatic imine (C=N–C) groups is 2. The smallest absolute Gasteiger partial charge is 0.0849 e. The van der Waals surface area contributed by atoms with Crippen molar-refractivity contribution >= 4 is 27.9 Å². The number of benzene rings is 3. The highest BCUT2D eigenvalue weighted by molar-refractivity contribution is 6.02. The minimum atomic E-state index is 0.0299. The van der Waals surface area contributed by atoms with Crippen LogP contribution in [0.1, 0.15) is 101 Å². The van der Waals surface area contributed by atoms with Crippen molar-refractivity contribution in [2.24, 2.45) is 9.98 Å². The van der Waals surface area contributed by atoms with E-state index < -0.39 is 0 Å². The molecule has 0 aliphatic heterocycles. The molecule has 4 rings (SSSR count). The van der Waals surface area contributed by atoms with Gasteiger partial charge in [0, 0.05) is 0 Å². The summed E-state index contributed by atoms with van der Waals surface area (Å²) in [6.07, 6.45) is 1.08. The van der Waals surface area contributed by atoms with E-state index in [1.807, 2.05) is 12.1 Å². The molecular weight excluding hydrogens is 450 g/mol. The molecule has 37 heavy (non-hydrogen) atoms. The van der Waals surface area contributed by atoms with E-state index in [-0.39, 0.29) is 6.04 Å². The molecule has 190 valence electrons. The van der Waals surface area contributed by atoms with E-state index in [4.69, 9.17) is 15.0 Å². The number of rotatable bonds is 8. The summed E-state index contributed by atoms with van der Waals surface area (Å²) in [5.41, 5.74) is 8.56. The summed E-state index contributed by atoms with van der Waals surface area (Å²) in [6.45, 7) is 15.3. The SMILES string of the molecule is CCC(C)c1cccc(C(C)C)c1N=C(C)c1cccc(C(C)=N[C@@H](C)c2cccc3ccccc23)n1. The molecule has 0 fully saturated rings. The molecule has 0 radical (unpaired) electrons. The maximum atomic E-state index is 5.18. The molecule has 1 aromatic heterocycles. The first-order valence-electron chi connectivity index (χ1n) is 13.5. The zero-order valence-corrected chi connectivity index (χ0v) is 23.3. The third-order valence-corrected chi connectivity index (χ3v) is 7.29. The van der Waals surface area contributed by atoms with E-state index in [2.05, 4.69) is 115 Å². The summed E-state index contributed by atoms with van der Waals surface area (Å²) in [5.74, 6) is 0.856. The average molecular weight is 490 g/mol. The van der Waals surface area contributed by atoms with E-state index in [1.54, 1.807) is 0 Å². The average Bonchev–Trinajstić information content (AvgIpc) is 2.92. The van der Waals surface area contributed by atoms with Crippen molar-refractivity contribution in [1.29, 1.82) is 0 Å². The topological polar surface area (TPSA) is 37.6 Å². The first-order chi connectivity index (χ1) is 17.8. The second kappa shape index (κ2) is 11.6. The molecule has 0 aliphatic carbocycles. The Morgan fingerprint density at radius 3 is 2.03 bits per heavy atom. The Morgan fingerprint density at radius 2 is 1.30 bits per heavy atom. The van der Waals surface area contributed by atoms with Gasteiger partial charge in [-0.05, 0) is 78.6 Å². The fourth-order valence-corrected chi connectivity index (χ4v) is 4.90. The first kappa shape index (κ1) is 26.5. The highest BCUT2D eigenvalue weighted by Crippen LogP contribution is 2.36. The van der Waals surface area contributed by atoms with Gasteiger partial charge in [-0.2, -0.15) is 0 Å². The predicted molar refractivity (Wildman–Crippen MR) is 160 cm³/mol. The number of hydrogen-bond donors (Lipinski definition) is 0. The van der Waals surface area contributed by atoms with Crippen LogP contribution >= 0.6 is 0 Å². The van der Waals surface area contributed by atoms with Crippen LogP contribution in [0.4, 0.5) is 5.69 Å². The number of nitrogens with zero attached hydrogens (tertiary/aromatic N) is 3. The third-order valence-electron chi connectivity index (χ3n) is 7.29. The van der Waals surface area contributed by atoms with Crippen molar-refractivity contribution in [2.45, 2.75) is 72.8 Å². The number of pyridine rings is 1. The molecule has 0 amide bonds. The van der Waals surface area contributed by atoms with E-state index in [0.717, 1.165) is 34.9 Å². The molecule has 3 nitrogen and oxygen atoms in total. The Bertz CT molecular complexity index is 1440. The Balaban J connectivity index is 1.69. The lowest BCUT2D eigenvalue weighted by atomic mass is 9.91. The monoisotopic (exact) mass is 489 g/mol. The maximum absolute atomic E-state index is 5.18. The van der Waals surface area contributed by atoms with E-state index in [9.17, 15) is 0 Å². The van der Waals surface area contributed by atoms with Crippen molar-refractivity contribution in [3.8, 4) is 0 Å². The molecule has 1 unspecified atom stereocenters. The normalized spacial score (nSPS) is 14.3. The maximum Gasteiger partial charge on any atom is 0.0849 e. The van der Waals surface area contributed by atoms with Gasteiger partial charge in [-0.25, -0.2) is 4.98 Å². The molecule has 0 saturated carbocycles. The second-order valence-electron chi connectivity index (χ2n) is 10.3. The second-order valence-corrected chi connectivity index (χ2v) is 10.3. The fourth-order valence-electron chi connectivity index (χ4n) is 4.90. The third kappa shape index (κ3) is 5.88. The van der Waals surface area contributed by atoms with Crippen molar-refractivity contribution in [1.82, 2.24) is 4.98 Å². The van der Waals surface area contributed by atoms with Crippen LogP contribution in [-0.2, 0) is 0 Å². The van der Waals surface area contributed by atoms with Crippen molar-refractivity contribution in [2.75, 3.05) is 0 Å². The van der Waals surface area contributed by atoms with Crippen LogP contribution in [0.15, 0.2) is 88.8 Å².